The number of hydrogen-bond acceptors (Lipinski definition) is 8. The van der Waals surface area contributed by atoms with E-state index in [1.54, 1.807) is 46.8 Å². The number of carbonyl (C=O) groups is 4. The molecule has 0 saturated carbocycles. The molecule has 14 heteroatoms. The number of benzene rings is 2. The van der Waals surface area contributed by atoms with Crippen molar-refractivity contribution in [3.63, 3.8) is 0 Å². The lowest BCUT2D eigenvalue weighted by Gasteiger charge is -2.28. The van der Waals surface area contributed by atoms with E-state index < -0.39 is 47.6 Å². The number of nitrogens with zero attached hydrogens (tertiary/aromatic N) is 1. The number of ether oxygens (including phenoxy) is 1. The van der Waals surface area contributed by atoms with Gasteiger partial charge in [0.05, 0.1) is 0 Å². The van der Waals surface area contributed by atoms with Gasteiger partial charge in [0.25, 0.3) is 0 Å². The fourth-order valence-corrected chi connectivity index (χ4v) is 4.87. The van der Waals surface area contributed by atoms with Crippen LogP contribution < -0.4 is 38.4 Å². The SMILES string of the molecule is Cc1cc(=O)oc2cc(NC(=O)C(CCCN=C(N)N)NC(=O)[C@@H](NC(=O)C(NC(=O)OCc3ccccc3)C(C)C)C(C)C)ccc12. The van der Waals surface area contributed by atoms with Gasteiger partial charge in [-0.2, -0.15) is 0 Å². The fraction of sp³-hybridized carbons (Fsp3) is 0.412. The number of nitrogens with two attached hydrogens (primary N) is 2. The Morgan fingerprint density at radius 2 is 1.50 bits per heavy atom. The lowest BCUT2D eigenvalue weighted by molar-refractivity contribution is -0.133. The highest BCUT2D eigenvalue weighted by Crippen LogP contribution is 2.21. The van der Waals surface area contributed by atoms with Gasteiger partial charge in [0, 0.05) is 29.8 Å². The van der Waals surface area contributed by atoms with Crippen LogP contribution in [0, 0.1) is 18.8 Å². The van der Waals surface area contributed by atoms with Crippen LogP contribution in [0.3, 0.4) is 0 Å². The standard InChI is InChI=1S/C34H45N7O7/c1-19(2)28(40-32(45)29(20(3)4)41-34(46)47-18-22-10-7-6-8-11-22)31(44)39-25(12-9-15-37-33(35)36)30(43)38-23-13-14-24-21(5)16-27(42)48-26(24)17-23/h6-8,10-11,13-14,16-17,19-20,25,28-29H,9,12,15,18H2,1-5H3,(H,38,43)(H,39,44)(H,40,45)(H,41,46)(H4,35,36,37)/t25?,28-,29?/m0/s1. The summed E-state index contributed by atoms with van der Waals surface area (Å²) in [6, 6.07) is 12.3. The highest BCUT2D eigenvalue weighted by molar-refractivity contribution is 6.00. The first-order valence-electron chi connectivity index (χ1n) is 15.7. The van der Waals surface area contributed by atoms with Crippen LogP contribution in [0.4, 0.5) is 10.5 Å². The zero-order chi connectivity index (χ0) is 35.4. The molecule has 0 radical (unpaired) electrons. The lowest BCUT2D eigenvalue weighted by atomic mass is 9.99. The molecule has 0 saturated heterocycles. The summed E-state index contributed by atoms with van der Waals surface area (Å²) in [5.74, 6) is -2.56. The second kappa shape index (κ2) is 17.5. The van der Waals surface area contributed by atoms with E-state index in [4.69, 9.17) is 20.6 Å². The Morgan fingerprint density at radius 1 is 0.854 bits per heavy atom. The number of guanidine groups is 1. The number of hydrogen-bond donors (Lipinski definition) is 6. The molecule has 2 unspecified atom stereocenters. The maximum Gasteiger partial charge on any atom is 0.408 e. The average molecular weight is 664 g/mol. The fourth-order valence-electron chi connectivity index (χ4n) is 4.87. The van der Waals surface area contributed by atoms with E-state index in [1.165, 1.54) is 12.1 Å². The van der Waals surface area contributed by atoms with Crippen molar-refractivity contribution in [3.05, 3.63) is 76.1 Å². The van der Waals surface area contributed by atoms with Crippen molar-refractivity contribution in [2.75, 3.05) is 11.9 Å². The van der Waals surface area contributed by atoms with Crippen molar-refractivity contribution < 1.29 is 28.3 Å². The molecular formula is C34H45N7O7. The molecule has 4 amide bonds. The van der Waals surface area contributed by atoms with Gasteiger partial charge in [-0.1, -0.05) is 58.0 Å². The van der Waals surface area contributed by atoms with Crippen molar-refractivity contribution in [2.45, 2.75) is 72.2 Å². The monoisotopic (exact) mass is 663 g/mol. The zero-order valence-electron chi connectivity index (χ0n) is 27.9. The van der Waals surface area contributed by atoms with Crippen molar-refractivity contribution in [2.24, 2.45) is 28.3 Å². The predicted molar refractivity (Wildman–Crippen MR) is 183 cm³/mol. The smallest absolute Gasteiger partial charge is 0.408 e. The quantitative estimate of drug-likeness (QED) is 0.0608. The van der Waals surface area contributed by atoms with Crippen LogP contribution in [-0.4, -0.2) is 54.4 Å². The number of fused-ring (bicyclic) bond motifs is 1. The molecular weight excluding hydrogens is 618 g/mol. The topological polar surface area (TPSA) is 220 Å². The molecule has 0 spiro atoms. The summed E-state index contributed by atoms with van der Waals surface area (Å²) in [4.78, 5) is 68.9. The van der Waals surface area contributed by atoms with Gasteiger partial charge in [0.1, 0.15) is 30.3 Å². The Labute approximate surface area is 279 Å². The van der Waals surface area contributed by atoms with Crippen LogP contribution in [0.5, 0.6) is 0 Å². The summed E-state index contributed by atoms with van der Waals surface area (Å²) in [5, 5.41) is 11.6. The molecule has 0 aliphatic rings. The summed E-state index contributed by atoms with van der Waals surface area (Å²) in [6.07, 6.45) is -0.261. The minimum Gasteiger partial charge on any atom is -0.445 e. The molecule has 0 aliphatic carbocycles. The van der Waals surface area contributed by atoms with Crippen LogP contribution in [0.1, 0.15) is 51.7 Å². The summed E-state index contributed by atoms with van der Waals surface area (Å²) in [5.41, 5.74) is 12.5. The number of aryl methyl sites for hydroxylation is 1. The molecule has 258 valence electrons. The van der Waals surface area contributed by atoms with Crippen LogP contribution in [0.25, 0.3) is 11.0 Å². The van der Waals surface area contributed by atoms with E-state index >= 15 is 0 Å². The second-order valence-corrected chi connectivity index (χ2v) is 12.1. The molecule has 3 aromatic rings. The van der Waals surface area contributed by atoms with Crippen LogP contribution >= 0.6 is 0 Å². The van der Waals surface area contributed by atoms with Crippen molar-refractivity contribution in [3.8, 4) is 0 Å². The van der Waals surface area contributed by atoms with Crippen LogP contribution in [0.15, 0.2) is 68.8 Å². The number of rotatable bonds is 15. The minimum absolute atomic E-state index is 0.0239. The minimum atomic E-state index is -1.05. The van der Waals surface area contributed by atoms with Crippen LogP contribution in [-0.2, 0) is 25.7 Å². The Balaban J connectivity index is 1.73. The molecule has 3 atom stereocenters. The largest absolute Gasteiger partial charge is 0.445 e. The Kier molecular flexibility index (Phi) is 13.5. The van der Waals surface area contributed by atoms with Gasteiger partial charge in [-0.3, -0.25) is 19.4 Å². The average Bonchev–Trinajstić information content (AvgIpc) is 3.02. The van der Waals surface area contributed by atoms with Crippen molar-refractivity contribution >= 4 is 46.4 Å². The van der Waals surface area contributed by atoms with Gasteiger partial charge in [-0.05, 0) is 54.9 Å². The van der Waals surface area contributed by atoms with Gasteiger partial charge >= 0.3 is 11.7 Å². The van der Waals surface area contributed by atoms with Crippen molar-refractivity contribution in [1.82, 2.24) is 16.0 Å². The molecule has 1 heterocycles. The maximum absolute atomic E-state index is 13.6. The number of alkyl carbamates (subject to hydrolysis) is 1. The Hall–Kier alpha value is -5.40. The van der Waals surface area contributed by atoms with Crippen molar-refractivity contribution in [1.29, 1.82) is 0 Å². The summed E-state index contributed by atoms with van der Waals surface area (Å²) in [7, 11) is 0. The molecule has 0 bridgehead atoms. The van der Waals surface area contributed by atoms with Gasteiger partial charge in [0.15, 0.2) is 5.96 Å². The lowest BCUT2D eigenvalue weighted by Crippen LogP contribution is -2.58. The third-order valence-electron chi connectivity index (χ3n) is 7.48. The first-order chi connectivity index (χ1) is 22.7. The third-order valence-corrected chi connectivity index (χ3v) is 7.48. The van der Waals surface area contributed by atoms with Gasteiger partial charge in [-0.25, -0.2) is 9.59 Å². The number of amides is 4. The molecule has 2 aromatic carbocycles. The highest BCUT2D eigenvalue weighted by atomic mass is 16.5. The normalized spacial score (nSPS) is 12.9. The number of carbonyl (C=O) groups excluding carboxylic acids is 4. The van der Waals surface area contributed by atoms with Gasteiger partial charge in [-0.15, -0.1) is 0 Å². The first kappa shape index (κ1) is 37.1. The third kappa shape index (κ3) is 11.1. The molecule has 8 N–H and O–H groups in total. The van der Waals surface area contributed by atoms with Gasteiger partial charge in [0.2, 0.25) is 17.7 Å². The maximum atomic E-state index is 13.6. The molecule has 0 aliphatic heterocycles. The van der Waals surface area contributed by atoms with Crippen LogP contribution in [0.2, 0.25) is 0 Å². The second-order valence-electron chi connectivity index (χ2n) is 12.1. The molecule has 48 heavy (non-hydrogen) atoms. The molecule has 14 nitrogen and oxygen atoms in total. The summed E-state index contributed by atoms with van der Waals surface area (Å²) < 4.78 is 10.6. The number of anilines is 1. The molecule has 3 rings (SSSR count). The Bertz CT molecular complexity index is 1670. The highest BCUT2D eigenvalue weighted by Gasteiger charge is 2.32. The number of aliphatic imine (C=N–C) groups is 1. The van der Waals surface area contributed by atoms with Gasteiger partial charge < -0.3 is 41.9 Å². The Morgan fingerprint density at radius 3 is 2.15 bits per heavy atom. The number of nitrogens with one attached hydrogen (secondary N) is 4. The summed E-state index contributed by atoms with van der Waals surface area (Å²) >= 11 is 0. The van der Waals surface area contributed by atoms with E-state index in [1.807, 2.05) is 30.3 Å². The van der Waals surface area contributed by atoms with E-state index in [0.717, 1.165) is 11.1 Å². The van der Waals surface area contributed by atoms with E-state index in [2.05, 4.69) is 26.3 Å². The summed E-state index contributed by atoms with van der Waals surface area (Å²) in [6.45, 7) is 9.01. The molecule has 1 aromatic heterocycles. The molecule has 0 fully saturated rings. The zero-order valence-corrected chi connectivity index (χ0v) is 27.9. The van der Waals surface area contributed by atoms with E-state index in [0.29, 0.717) is 23.1 Å². The van der Waals surface area contributed by atoms with E-state index in [-0.39, 0.29) is 37.4 Å². The predicted octanol–water partition coefficient (Wildman–Crippen LogP) is 2.67. The first-order valence-corrected chi connectivity index (χ1v) is 15.7. The van der Waals surface area contributed by atoms with E-state index in [9.17, 15) is 24.0 Å².